The second-order valence-electron chi connectivity index (χ2n) is 3.25. The molecule has 0 rings (SSSR count). The van der Waals surface area contributed by atoms with Crippen molar-refractivity contribution in [2.75, 3.05) is 0 Å². The Morgan fingerprint density at radius 2 is 1.40 bits per heavy atom. The number of hydrogen-bond acceptors (Lipinski definition) is 0. The summed E-state index contributed by atoms with van der Waals surface area (Å²) >= 11 is 0. The van der Waals surface area contributed by atoms with Gasteiger partial charge >= 0.3 is 0 Å². The van der Waals surface area contributed by atoms with Crippen LogP contribution < -0.4 is 0 Å². The Labute approximate surface area is 97.1 Å². The Bertz CT molecular complexity index is 184. The van der Waals surface area contributed by atoms with Crippen molar-refractivity contribution >= 4 is 0 Å². The van der Waals surface area contributed by atoms with Crippen LogP contribution in [0.1, 0.15) is 48.0 Å². The fourth-order valence-electron chi connectivity index (χ4n) is 0.144. The van der Waals surface area contributed by atoms with E-state index in [1.807, 2.05) is 32.9 Å². The van der Waals surface area contributed by atoms with E-state index in [-0.39, 0.29) is 0 Å². The van der Waals surface area contributed by atoms with E-state index in [0.29, 0.717) is 0 Å². The van der Waals surface area contributed by atoms with Gasteiger partial charge in [0, 0.05) is 0 Å². The Hall–Kier alpha value is -1.04. The molecule has 0 unspecified atom stereocenters. The third-order valence-corrected chi connectivity index (χ3v) is 1.65. The summed E-state index contributed by atoms with van der Waals surface area (Å²) in [6, 6.07) is 0. The van der Waals surface area contributed by atoms with Crippen LogP contribution in [-0.2, 0) is 0 Å². The highest BCUT2D eigenvalue weighted by Crippen LogP contribution is 1.93. The van der Waals surface area contributed by atoms with Crippen molar-refractivity contribution in [1.29, 1.82) is 0 Å². The zero-order valence-corrected chi connectivity index (χ0v) is 11.4. The summed E-state index contributed by atoms with van der Waals surface area (Å²) < 4.78 is 0. The molecular weight excluding hydrogens is 180 g/mol. The molecule has 0 aliphatic carbocycles. The highest BCUT2D eigenvalue weighted by molar-refractivity contribution is 5.09. The highest BCUT2D eigenvalue weighted by atomic mass is 13.8. The molecule has 0 heterocycles. The SMILES string of the molecule is C/C=C\C.C=CC(=C)CC.CC=C(C)C. The number of allylic oxidation sites excluding steroid dienone is 6. The van der Waals surface area contributed by atoms with Crippen molar-refractivity contribution in [2.45, 2.75) is 48.0 Å². The van der Waals surface area contributed by atoms with E-state index in [1.165, 1.54) is 5.57 Å². The van der Waals surface area contributed by atoms with Crippen molar-refractivity contribution in [3.05, 3.63) is 48.6 Å². The van der Waals surface area contributed by atoms with Gasteiger partial charge in [0.2, 0.25) is 0 Å². The van der Waals surface area contributed by atoms with E-state index in [1.54, 1.807) is 6.08 Å². The first kappa shape index (κ1) is 19.5. The van der Waals surface area contributed by atoms with E-state index in [4.69, 9.17) is 0 Å². The average Bonchev–Trinajstić information content (AvgIpc) is 2.28. The fraction of sp³-hybridized carbons (Fsp3) is 0.467. The maximum absolute atomic E-state index is 3.67. The summed E-state index contributed by atoms with van der Waals surface area (Å²) in [4.78, 5) is 0. The van der Waals surface area contributed by atoms with E-state index in [2.05, 4.69) is 40.0 Å². The van der Waals surface area contributed by atoms with Crippen molar-refractivity contribution in [3.63, 3.8) is 0 Å². The lowest BCUT2D eigenvalue weighted by molar-refractivity contribution is 1.16. The summed E-state index contributed by atoms with van der Waals surface area (Å²) in [6.07, 6.45) is 8.88. The molecular formula is C15H28. The predicted octanol–water partition coefficient (Wildman–Crippen LogP) is 5.69. The van der Waals surface area contributed by atoms with Crippen LogP contribution in [0.15, 0.2) is 48.6 Å². The standard InChI is InChI=1S/C6H10.C5H10.C4H8/c1-4-6(3)5-2;1-4-5(2)3;1-3-4-2/h4H,1,3,5H2,2H3;4H,1-3H3;3-4H,1-2H3/b;;4-3-. The maximum atomic E-state index is 3.67. The van der Waals surface area contributed by atoms with Crippen LogP contribution in [0.4, 0.5) is 0 Å². The number of rotatable bonds is 2. The molecule has 15 heavy (non-hydrogen) atoms. The summed E-state index contributed by atoms with van der Waals surface area (Å²) in [6.45, 7) is 19.5. The molecule has 0 aromatic heterocycles. The smallest absolute Gasteiger partial charge is 0.0314 e. The van der Waals surface area contributed by atoms with E-state index < -0.39 is 0 Å². The lowest BCUT2D eigenvalue weighted by Crippen LogP contribution is -1.62. The van der Waals surface area contributed by atoms with Crippen LogP contribution in [0, 0.1) is 0 Å². The molecule has 0 heteroatoms. The lowest BCUT2D eigenvalue weighted by atomic mass is 10.2. The van der Waals surface area contributed by atoms with Crippen LogP contribution in [0.3, 0.4) is 0 Å². The van der Waals surface area contributed by atoms with Crippen LogP contribution in [0.25, 0.3) is 0 Å². The number of hydrogen-bond donors (Lipinski definition) is 0. The molecule has 0 aliphatic heterocycles. The monoisotopic (exact) mass is 208 g/mol. The zero-order chi connectivity index (χ0) is 12.7. The molecule has 0 bridgehead atoms. The first-order valence-electron chi connectivity index (χ1n) is 5.47. The summed E-state index contributed by atoms with van der Waals surface area (Å²) in [7, 11) is 0. The Morgan fingerprint density at radius 3 is 1.40 bits per heavy atom. The normalized spacial score (nSPS) is 7.87. The molecule has 0 atom stereocenters. The van der Waals surface area contributed by atoms with E-state index in [0.717, 1.165) is 12.0 Å². The second kappa shape index (κ2) is 18.7. The summed E-state index contributed by atoms with van der Waals surface area (Å²) in [5, 5.41) is 0. The summed E-state index contributed by atoms with van der Waals surface area (Å²) in [5.74, 6) is 0. The molecule has 0 aromatic rings. The quantitative estimate of drug-likeness (QED) is 0.404. The van der Waals surface area contributed by atoms with Gasteiger partial charge in [-0.2, -0.15) is 0 Å². The van der Waals surface area contributed by atoms with Gasteiger partial charge in [-0.05, 0) is 41.0 Å². The van der Waals surface area contributed by atoms with Gasteiger partial charge in [0.15, 0.2) is 0 Å². The highest BCUT2D eigenvalue weighted by Gasteiger charge is 1.72. The molecule has 0 radical (unpaired) electrons. The van der Waals surface area contributed by atoms with Crippen molar-refractivity contribution in [1.82, 2.24) is 0 Å². The van der Waals surface area contributed by atoms with Gasteiger partial charge in [-0.3, -0.25) is 0 Å². The van der Waals surface area contributed by atoms with Gasteiger partial charge in [0.25, 0.3) is 0 Å². The maximum Gasteiger partial charge on any atom is -0.0314 e. The van der Waals surface area contributed by atoms with Gasteiger partial charge in [-0.1, -0.05) is 55.5 Å². The molecule has 0 saturated heterocycles. The Kier molecular flexibility index (Phi) is 24.3. The first-order valence-corrected chi connectivity index (χ1v) is 5.47. The third-order valence-electron chi connectivity index (χ3n) is 1.65. The minimum atomic E-state index is 1.02. The predicted molar refractivity (Wildman–Crippen MR) is 75.2 cm³/mol. The van der Waals surface area contributed by atoms with E-state index >= 15 is 0 Å². The Morgan fingerprint density at radius 1 is 1.07 bits per heavy atom. The van der Waals surface area contributed by atoms with Gasteiger partial charge in [-0.15, -0.1) is 0 Å². The van der Waals surface area contributed by atoms with Gasteiger partial charge in [-0.25, -0.2) is 0 Å². The molecule has 0 amide bonds. The van der Waals surface area contributed by atoms with Gasteiger partial charge < -0.3 is 0 Å². The average molecular weight is 208 g/mol. The van der Waals surface area contributed by atoms with E-state index in [9.17, 15) is 0 Å². The topological polar surface area (TPSA) is 0 Å². The van der Waals surface area contributed by atoms with Crippen LogP contribution >= 0.6 is 0 Å². The largest absolute Gasteiger partial charge is 0.0988 e. The molecule has 88 valence electrons. The van der Waals surface area contributed by atoms with Crippen LogP contribution in [0.2, 0.25) is 0 Å². The van der Waals surface area contributed by atoms with Crippen LogP contribution in [0.5, 0.6) is 0 Å². The van der Waals surface area contributed by atoms with Crippen LogP contribution in [-0.4, -0.2) is 0 Å². The molecule has 0 nitrogen and oxygen atoms in total. The van der Waals surface area contributed by atoms with Crippen molar-refractivity contribution < 1.29 is 0 Å². The van der Waals surface area contributed by atoms with Crippen molar-refractivity contribution in [3.8, 4) is 0 Å². The molecule has 0 fully saturated rings. The van der Waals surface area contributed by atoms with Crippen molar-refractivity contribution in [2.24, 2.45) is 0 Å². The zero-order valence-electron chi connectivity index (χ0n) is 11.4. The molecule has 0 spiro atoms. The molecule has 0 aromatic carbocycles. The lowest BCUT2D eigenvalue weighted by Gasteiger charge is -1.83. The minimum Gasteiger partial charge on any atom is -0.0988 e. The molecule has 0 aliphatic rings. The third kappa shape index (κ3) is 43.8. The Balaban J connectivity index is -0.000000147. The second-order valence-corrected chi connectivity index (χ2v) is 3.25. The van der Waals surface area contributed by atoms with Gasteiger partial charge in [0.1, 0.15) is 0 Å². The minimum absolute atomic E-state index is 1.02. The van der Waals surface area contributed by atoms with Gasteiger partial charge in [0.05, 0.1) is 0 Å². The fourth-order valence-corrected chi connectivity index (χ4v) is 0.144. The first-order chi connectivity index (χ1) is 6.99. The summed E-state index contributed by atoms with van der Waals surface area (Å²) in [5.41, 5.74) is 2.49. The molecule has 0 saturated carbocycles. The molecule has 0 N–H and O–H groups in total.